The zero-order valence-corrected chi connectivity index (χ0v) is 11.0. The third-order valence-corrected chi connectivity index (χ3v) is 3.54. The number of carbonyl (C=O) groups is 1. The molecule has 1 fully saturated rings. The molecule has 6 heteroatoms. The van der Waals surface area contributed by atoms with Crippen molar-refractivity contribution in [1.29, 1.82) is 0 Å². The fraction of sp³-hybridized carbons (Fsp3) is 0.462. The van der Waals surface area contributed by atoms with Crippen LogP contribution in [0.15, 0.2) is 24.5 Å². The predicted octanol–water partition coefficient (Wildman–Crippen LogP) is 0.788. The molecule has 0 spiro atoms. The van der Waals surface area contributed by atoms with E-state index in [-0.39, 0.29) is 5.91 Å². The lowest BCUT2D eigenvalue weighted by atomic mass is 10.3. The van der Waals surface area contributed by atoms with E-state index in [0.29, 0.717) is 0 Å². The first kappa shape index (κ1) is 12.0. The number of anilines is 1. The monoisotopic (exact) mass is 259 g/mol. The lowest BCUT2D eigenvalue weighted by Crippen LogP contribution is -2.34. The summed E-state index contributed by atoms with van der Waals surface area (Å²) in [7, 11) is 0. The average Bonchev–Trinajstić information content (AvgIpc) is 2.74. The van der Waals surface area contributed by atoms with Gasteiger partial charge in [-0.1, -0.05) is 0 Å². The van der Waals surface area contributed by atoms with Crippen LogP contribution in [0.1, 0.15) is 13.3 Å². The van der Waals surface area contributed by atoms with E-state index in [1.165, 1.54) is 0 Å². The van der Waals surface area contributed by atoms with Crippen molar-refractivity contribution in [3.63, 3.8) is 0 Å². The molecule has 1 aliphatic heterocycles. The van der Waals surface area contributed by atoms with Crippen LogP contribution in [0.4, 0.5) is 5.82 Å². The van der Waals surface area contributed by atoms with E-state index >= 15 is 0 Å². The molecule has 100 valence electrons. The molecule has 3 heterocycles. The normalized spacial score (nSPS) is 16.7. The van der Waals surface area contributed by atoms with Gasteiger partial charge < -0.3 is 9.80 Å². The highest BCUT2D eigenvalue weighted by atomic mass is 16.2. The summed E-state index contributed by atoms with van der Waals surface area (Å²) >= 11 is 0. The number of fused-ring (bicyclic) bond motifs is 1. The van der Waals surface area contributed by atoms with Crippen molar-refractivity contribution < 1.29 is 4.79 Å². The highest BCUT2D eigenvalue weighted by molar-refractivity contribution is 5.73. The Morgan fingerprint density at radius 2 is 2.05 bits per heavy atom. The van der Waals surface area contributed by atoms with Gasteiger partial charge >= 0.3 is 0 Å². The first-order valence-corrected chi connectivity index (χ1v) is 6.55. The average molecular weight is 259 g/mol. The minimum Gasteiger partial charge on any atom is -0.355 e. The minimum atomic E-state index is 0.154. The van der Waals surface area contributed by atoms with Crippen molar-refractivity contribution >= 4 is 17.4 Å². The maximum Gasteiger partial charge on any atom is 0.219 e. The summed E-state index contributed by atoms with van der Waals surface area (Å²) in [6, 6.07) is 3.87. The number of amides is 1. The second kappa shape index (κ2) is 4.87. The Labute approximate surface area is 111 Å². The van der Waals surface area contributed by atoms with Gasteiger partial charge in [0.1, 0.15) is 5.82 Å². The smallest absolute Gasteiger partial charge is 0.219 e. The maximum atomic E-state index is 11.4. The summed E-state index contributed by atoms with van der Waals surface area (Å²) < 4.78 is 1.85. The molecule has 0 N–H and O–H groups in total. The minimum absolute atomic E-state index is 0.154. The van der Waals surface area contributed by atoms with Gasteiger partial charge in [-0.15, -0.1) is 0 Å². The number of carbonyl (C=O) groups excluding carboxylic acids is 1. The first-order chi connectivity index (χ1) is 9.25. The van der Waals surface area contributed by atoms with Gasteiger partial charge in [0, 0.05) is 45.4 Å². The summed E-state index contributed by atoms with van der Waals surface area (Å²) in [6.07, 6.45) is 4.54. The molecule has 0 bridgehead atoms. The van der Waals surface area contributed by atoms with Gasteiger partial charge in [-0.05, 0) is 12.5 Å². The molecule has 0 radical (unpaired) electrons. The summed E-state index contributed by atoms with van der Waals surface area (Å²) in [5.41, 5.74) is 0.852. The quantitative estimate of drug-likeness (QED) is 0.759. The summed E-state index contributed by atoms with van der Waals surface area (Å²) in [5, 5.41) is 4.31. The van der Waals surface area contributed by atoms with Crippen LogP contribution < -0.4 is 4.90 Å². The molecule has 3 rings (SSSR count). The zero-order valence-electron chi connectivity index (χ0n) is 11.0. The summed E-state index contributed by atoms with van der Waals surface area (Å²) in [6.45, 7) is 4.99. The van der Waals surface area contributed by atoms with Gasteiger partial charge in [0.05, 0.1) is 6.20 Å². The van der Waals surface area contributed by atoms with Crippen molar-refractivity contribution in [1.82, 2.24) is 19.5 Å². The van der Waals surface area contributed by atoms with Gasteiger partial charge in [0.2, 0.25) is 5.91 Å². The van der Waals surface area contributed by atoms with E-state index in [1.807, 2.05) is 21.5 Å². The SMILES string of the molecule is CC(=O)N1CCCN(c2ccnc3ccnn23)CC1. The topological polar surface area (TPSA) is 53.7 Å². The third-order valence-electron chi connectivity index (χ3n) is 3.54. The standard InChI is InChI=1S/C13H17N5O/c1-11(19)16-7-2-8-17(10-9-16)13-4-5-14-12-3-6-15-18(12)13/h3-6H,2,7-10H2,1H3. The van der Waals surface area contributed by atoms with E-state index in [2.05, 4.69) is 15.0 Å². The van der Waals surface area contributed by atoms with Crippen molar-refractivity contribution in [3.8, 4) is 0 Å². The van der Waals surface area contributed by atoms with Gasteiger partial charge in [-0.3, -0.25) is 4.79 Å². The Morgan fingerprint density at radius 3 is 2.89 bits per heavy atom. The Bertz CT molecular complexity index is 593. The fourth-order valence-corrected chi connectivity index (χ4v) is 2.52. The summed E-state index contributed by atoms with van der Waals surface area (Å²) in [5.74, 6) is 1.20. The second-order valence-electron chi connectivity index (χ2n) is 4.75. The Balaban J connectivity index is 1.86. The highest BCUT2D eigenvalue weighted by Crippen LogP contribution is 2.16. The van der Waals surface area contributed by atoms with Crippen LogP contribution in [-0.4, -0.2) is 51.6 Å². The molecule has 19 heavy (non-hydrogen) atoms. The van der Waals surface area contributed by atoms with Gasteiger partial charge in [0.25, 0.3) is 0 Å². The molecule has 0 unspecified atom stereocenters. The number of nitrogens with zero attached hydrogens (tertiary/aromatic N) is 5. The van der Waals surface area contributed by atoms with Crippen molar-refractivity contribution in [2.75, 3.05) is 31.1 Å². The van der Waals surface area contributed by atoms with Crippen molar-refractivity contribution in [3.05, 3.63) is 24.5 Å². The molecule has 2 aromatic rings. The Hall–Kier alpha value is -2.11. The molecule has 1 saturated heterocycles. The van der Waals surface area contributed by atoms with Crippen LogP contribution in [-0.2, 0) is 4.79 Å². The molecule has 0 aliphatic carbocycles. The number of rotatable bonds is 1. The number of hydrogen-bond acceptors (Lipinski definition) is 4. The van der Waals surface area contributed by atoms with Crippen LogP contribution in [0.5, 0.6) is 0 Å². The molecule has 2 aromatic heterocycles. The molecule has 1 aliphatic rings. The molecule has 6 nitrogen and oxygen atoms in total. The van der Waals surface area contributed by atoms with Crippen LogP contribution in [0.2, 0.25) is 0 Å². The fourth-order valence-electron chi connectivity index (χ4n) is 2.52. The van der Waals surface area contributed by atoms with Crippen molar-refractivity contribution in [2.45, 2.75) is 13.3 Å². The zero-order chi connectivity index (χ0) is 13.2. The first-order valence-electron chi connectivity index (χ1n) is 6.55. The van der Waals surface area contributed by atoms with E-state index < -0.39 is 0 Å². The van der Waals surface area contributed by atoms with Gasteiger partial charge in [-0.25, -0.2) is 4.98 Å². The largest absolute Gasteiger partial charge is 0.355 e. The van der Waals surface area contributed by atoms with Crippen LogP contribution >= 0.6 is 0 Å². The second-order valence-corrected chi connectivity index (χ2v) is 4.75. The lowest BCUT2D eigenvalue weighted by molar-refractivity contribution is -0.128. The number of aromatic nitrogens is 3. The highest BCUT2D eigenvalue weighted by Gasteiger charge is 2.18. The molecule has 0 saturated carbocycles. The van der Waals surface area contributed by atoms with Crippen LogP contribution in [0.25, 0.3) is 5.65 Å². The van der Waals surface area contributed by atoms with E-state index in [1.54, 1.807) is 19.3 Å². The van der Waals surface area contributed by atoms with Gasteiger partial charge in [-0.2, -0.15) is 9.61 Å². The lowest BCUT2D eigenvalue weighted by Gasteiger charge is -2.23. The molecule has 1 amide bonds. The molecule has 0 aromatic carbocycles. The molecule has 0 atom stereocenters. The number of hydrogen-bond donors (Lipinski definition) is 0. The van der Waals surface area contributed by atoms with E-state index in [9.17, 15) is 4.79 Å². The molecular weight excluding hydrogens is 242 g/mol. The third kappa shape index (κ3) is 2.25. The van der Waals surface area contributed by atoms with Crippen LogP contribution in [0, 0.1) is 0 Å². The van der Waals surface area contributed by atoms with E-state index in [0.717, 1.165) is 44.1 Å². The maximum absolute atomic E-state index is 11.4. The van der Waals surface area contributed by atoms with Crippen molar-refractivity contribution in [2.24, 2.45) is 0 Å². The summed E-state index contributed by atoms with van der Waals surface area (Å²) in [4.78, 5) is 19.9. The molecular formula is C13H17N5O. The van der Waals surface area contributed by atoms with Gasteiger partial charge in [0.15, 0.2) is 5.65 Å². The predicted molar refractivity (Wildman–Crippen MR) is 72.1 cm³/mol. The Morgan fingerprint density at radius 1 is 1.16 bits per heavy atom. The van der Waals surface area contributed by atoms with Crippen LogP contribution in [0.3, 0.4) is 0 Å². The Kier molecular flexibility index (Phi) is 3.06. The van der Waals surface area contributed by atoms with E-state index in [4.69, 9.17) is 0 Å².